The number of amides is 1. The van der Waals surface area contributed by atoms with E-state index in [1.807, 2.05) is 11.8 Å². The molecular weight excluding hydrogens is 497 g/mol. The summed E-state index contributed by atoms with van der Waals surface area (Å²) in [7, 11) is 1.80. The zero-order valence-electron chi connectivity index (χ0n) is 19.9. The summed E-state index contributed by atoms with van der Waals surface area (Å²) >= 11 is 0. The Morgan fingerprint density at radius 2 is 1.76 bits per heavy atom. The first-order valence-corrected chi connectivity index (χ1v) is 11.5. The van der Waals surface area contributed by atoms with Gasteiger partial charge in [0.1, 0.15) is 23.1 Å². The van der Waals surface area contributed by atoms with Crippen LogP contribution in [-0.4, -0.2) is 45.5 Å². The van der Waals surface area contributed by atoms with Gasteiger partial charge < -0.3 is 15.1 Å². The molecule has 37 heavy (non-hydrogen) atoms. The predicted molar refractivity (Wildman–Crippen MR) is 124 cm³/mol. The molecule has 0 aliphatic carbocycles. The van der Waals surface area contributed by atoms with Gasteiger partial charge in [0, 0.05) is 38.1 Å². The van der Waals surface area contributed by atoms with Gasteiger partial charge in [-0.25, -0.2) is 4.98 Å². The molecule has 1 N–H and O–H groups in total. The first-order valence-electron chi connectivity index (χ1n) is 11.5. The summed E-state index contributed by atoms with van der Waals surface area (Å²) in [4.78, 5) is 32.3. The van der Waals surface area contributed by atoms with Crippen LogP contribution in [0.4, 0.5) is 39.4 Å². The molecule has 0 saturated carbocycles. The van der Waals surface area contributed by atoms with Crippen LogP contribution in [0.3, 0.4) is 0 Å². The number of nitrogens with zero attached hydrogens (tertiary/aromatic N) is 6. The number of hydrogen-bond acceptors (Lipinski definition) is 7. The van der Waals surface area contributed by atoms with Crippen molar-refractivity contribution in [2.24, 2.45) is 0 Å². The number of alkyl halides is 5. The fourth-order valence-corrected chi connectivity index (χ4v) is 4.37. The number of nitrogens with one attached hydrogen (secondary N) is 1. The molecule has 0 unspecified atom stereocenters. The second-order valence-electron chi connectivity index (χ2n) is 8.96. The number of pyridine rings is 2. The third kappa shape index (κ3) is 4.42. The molecule has 5 heterocycles. The van der Waals surface area contributed by atoms with Gasteiger partial charge in [0.15, 0.2) is 5.82 Å². The summed E-state index contributed by atoms with van der Waals surface area (Å²) in [5.41, 5.74) is -0.496. The van der Waals surface area contributed by atoms with Crippen LogP contribution < -0.4 is 15.1 Å². The van der Waals surface area contributed by atoms with Crippen molar-refractivity contribution in [2.75, 3.05) is 28.7 Å². The number of rotatable bonds is 5. The number of aryl methyl sites for hydroxylation is 1. The maximum absolute atomic E-state index is 14.8. The van der Waals surface area contributed by atoms with E-state index in [2.05, 4.69) is 25.3 Å². The van der Waals surface area contributed by atoms with Crippen molar-refractivity contribution >= 4 is 23.4 Å². The minimum atomic E-state index is -4.72. The maximum atomic E-state index is 14.8. The number of aromatic nitrogens is 4. The van der Waals surface area contributed by atoms with E-state index in [-0.39, 0.29) is 18.5 Å². The Morgan fingerprint density at radius 3 is 2.41 bits per heavy atom. The van der Waals surface area contributed by atoms with E-state index in [1.165, 1.54) is 12.3 Å². The predicted octanol–water partition coefficient (Wildman–Crippen LogP) is 4.16. The lowest BCUT2D eigenvalue weighted by Crippen LogP contribution is -2.53. The fraction of sp³-hybridized carbons (Fsp3) is 0.375. The van der Waals surface area contributed by atoms with Gasteiger partial charge in [-0.2, -0.15) is 26.9 Å². The van der Waals surface area contributed by atoms with Crippen LogP contribution in [0.25, 0.3) is 0 Å². The SMILES string of the molecule is C[C@H]1C(=O)N2CCCc3nc(NCc4ccc(C(F)(F)c5ccc(C(F)(F)F)nc5)nc4)nc(c32)N1C. The lowest BCUT2D eigenvalue weighted by molar-refractivity contribution is -0.141. The summed E-state index contributed by atoms with van der Waals surface area (Å²) in [5, 5.41) is 3.09. The van der Waals surface area contributed by atoms with Crippen molar-refractivity contribution in [3.63, 3.8) is 0 Å². The highest BCUT2D eigenvalue weighted by atomic mass is 19.4. The molecule has 1 amide bonds. The molecule has 13 heteroatoms. The van der Waals surface area contributed by atoms with Gasteiger partial charge in [-0.05, 0) is 43.5 Å². The van der Waals surface area contributed by atoms with Crippen LogP contribution >= 0.6 is 0 Å². The van der Waals surface area contributed by atoms with Crippen molar-refractivity contribution < 1.29 is 26.7 Å². The molecule has 194 valence electrons. The van der Waals surface area contributed by atoms with E-state index >= 15 is 0 Å². The van der Waals surface area contributed by atoms with E-state index in [0.29, 0.717) is 48.6 Å². The zero-order chi connectivity index (χ0) is 26.5. The molecule has 0 spiro atoms. The molecule has 0 saturated heterocycles. The van der Waals surface area contributed by atoms with E-state index < -0.39 is 29.1 Å². The van der Waals surface area contributed by atoms with E-state index in [0.717, 1.165) is 23.9 Å². The van der Waals surface area contributed by atoms with Gasteiger partial charge in [-0.3, -0.25) is 14.8 Å². The summed E-state index contributed by atoms with van der Waals surface area (Å²) in [5.74, 6) is -2.63. The first-order chi connectivity index (χ1) is 17.5. The molecule has 0 fully saturated rings. The molecular formula is C24H22F5N7O. The minimum Gasteiger partial charge on any atom is -0.350 e. The average molecular weight is 519 g/mol. The number of hydrogen-bond donors (Lipinski definition) is 1. The summed E-state index contributed by atoms with van der Waals surface area (Å²) < 4.78 is 67.7. The first kappa shape index (κ1) is 24.8. The fourth-order valence-electron chi connectivity index (χ4n) is 4.37. The number of carbonyl (C=O) groups is 1. The highest BCUT2D eigenvalue weighted by Gasteiger charge is 2.40. The van der Waals surface area contributed by atoms with Crippen LogP contribution in [0, 0.1) is 0 Å². The lowest BCUT2D eigenvalue weighted by atomic mass is 10.0. The lowest BCUT2D eigenvalue weighted by Gasteiger charge is -2.41. The van der Waals surface area contributed by atoms with Gasteiger partial charge >= 0.3 is 12.1 Å². The quantitative estimate of drug-likeness (QED) is 0.507. The van der Waals surface area contributed by atoms with Gasteiger partial charge in [-0.1, -0.05) is 6.07 Å². The molecule has 0 radical (unpaired) electrons. The third-order valence-corrected chi connectivity index (χ3v) is 6.56. The summed E-state index contributed by atoms with van der Waals surface area (Å²) in [6.07, 6.45) is -1.46. The van der Waals surface area contributed by atoms with Crippen molar-refractivity contribution in [2.45, 2.75) is 44.5 Å². The van der Waals surface area contributed by atoms with E-state index in [1.54, 1.807) is 11.9 Å². The molecule has 8 nitrogen and oxygen atoms in total. The van der Waals surface area contributed by atoms with E-state index in [9.17, 15) is 26.7 Å². The van der Waals surface area contributed by atoms with Gasteiger partial charge in [0.25, 0.3) is 0 Å². The number of halogens is 5. The Morgan fingerprint density at radius 1 is 1.03 bits per heavy atom. The molecule has 2 aliphatic heterocycles. The Hall–Kier alpha value is -3.90. The van der Waals surface area contributed by atoms with Crippen LogP contribution in [0.5, 0.6) is 0 Å². The second-order valence-corrected chi connectivity index (χ2v) is 8.96. The molecule has 2 aliphatic rings. The van der Waals surface area contributed by atoms with Crippen molar-refractivity contribution in [3.8, 4) is 0 Å². The normalized spacial score (nSPS) is 17.6. The van der Waals surface area contributed by atoms with Gasteiger partial charge in [0.2, 0.25) is 11.9 Å². The molecule has 3 aromatic heterocycles. The standard InChI is InChI=1S/C24H22F5N7O/c1-13-21(37)36-9-3-4-16-19(36)20(35(13)2)34-22(33-16)32-11-14-5-7-17(30-10-14)23(25,26)15-6-8-18(31-12-15)24(27,28)29/h5-8,10,12-13H,3-4,9,11H2,1-2H3,(H,32,33,34)/t13-/m0/s1. The van der Waals surface area contributed by atoms with Crippen LogP contribution in [0.1, 0.15) is 41.6 Å². The van der Waals surface area contributed by atoms with Crippen LogP contribution in [0.2, 0.25) is 0 Å². The molecule has 3 aromatic rings. The van der Waals surface area contributed by atoms with Crippen molar-refractivity contribution in [3.05, 3.63) is 64.9 Å². The Bertz CT molecular complexity index is 1330. The van der Waals surface area contributed by atoms with Crippen molar-refractivity contribution in [1.29, 1.82) is 0 Å². The summed E-state index contributed by atoms with van der Waals surface area (Å²) in [6, 6.07) is 3.41. The molecule has 0 bridgehead atoms. The number of anilines is 3. The van der Waals surface area contributed by atoms with Gasteiger partial charge in [-0.15, -0.1) is 0 Å². The Balaban J connectivity index is 1.32. The maximum Gasteiger partial charge on any atom is 0.433 e. The van der Waals surface area contributed by atoms with Gasteiger partial charge in [0.05, 0.1) is 5.69 Å². The Kier molecular flexibility index (Phi) is 5.95. The summed E-state index contributed by atoms with van der Waals surface area (Å²) in [6.45, 7) is 2.64. The highest BCUT2D eigenvalue weighted by Crippen LogP contribution is 2.40. The zero-order valence-corrected chi connectivity index (χ0v) is 19.9. The molecule has 0 aromatic carbocycles. The second kappa shape index (κ2) is 8.89. The van der Waals surface area contributed by atoms with Crippen molar-refractivity contribution in [1.82, 2.24) is 19.9 Å². The highest BCUT2D eigenvalue weighted by molar-refractivity contribution is 6.05. The monoisotopic (exact) mass is 519 g/mol. The number of carbonyl (C=O) groups excluding carboxylic acids is 1. The molecule has 5 rings (SSSR count). The smallest absolute Gasteiger partial charge is 0.350 e. The minimum absolute atomic E-state index is 0.00954. The van der Waals surface area contributed by atoms with Crippen LogP contribution in [-0.2, 0) is 29.9 Å². The largest absolute Gasteiger partial charge is 0.433 e. The average Bonchev–Trinajstić information content (AvgIpc) is 2.89. The Labute approximate surface area is 208 Å². The van der Waals surface area contributed by atoms with Crippen LogP contribution in [0.15, 0.2) is 36.7 Å². The topological polar surface area (TPSA) is 87.1 Å². The third-order valence-electron chi connectivity index (χ3n) is 6.56. The molecule has 1 atom stereocenters. The number of likely N-dealkylation sites (N-methyl/N-ethyl adjacent to an activating group) is 1. The van der Waals surface area contributed by atoms with E-state index in [4.69, 9.17) is 0 Å².